The van der Waals surface area contributed by atoms with Crippen LogP contribution in [-0.4, -0.2) is 62.7 Å². The molecule has 37 heavy (non-hydrogen) atoms. The molecule has 1 aliphatic heterocycles. The summed E-state index contributed by atoms with van der Waals surface area (Å²) in [5, 5.41) is 10.9. The van der Waals surface area contributed by atoms with E-state index in [0.717, 1.165) is 41.4 Å². The van der Waals surface area contributed by atoms with Gasteiger partial charge < -0.3 is 19.3 Å². The number of carbonyl (C=O) groups excluding carboxylic acids is 1. The molecule has 0 spiro atoms. The number of ether oxygens (including phenoxy) is 2. The van der Waals surface area contributed by atoms with Gasteiger partial charge in [-0.3, -0.25) is 10.1 Å². The zero-order valence-corrected chi connectivity index (χ0v) is 22.0. The molecule has 0 amide bonds. The summed E-state index contributed by atoms with van der Waals surface area (Å²) >= 11 is 1.68. The summed E-state index contributed by atoms with van der Waals surface area (Å²) in [5.74, 6) is 0.255. The number of esters is 1. The van der Waals surface area contributed by atoms with E-state index in [2.05, 4.69) is 36.0 Å². The maximum Gasteiger partial charge on any atom is 0.338 e. The molecule has 3 aromatic carbocycles. The van der Waals surface area contributed by atoms with Gasteiger partial charge in [0.15, 0.2) is 0 Å². The SMILES string of the molecule is COc1ccc(C2Sc3ccccc3N(CCCN(C)C)CC2OC(=O)c2ccc([N+](=O)[O-])cc2)cc1. The molecular formula is C28H31N3O5S. The number of rotatable bonds is 9. The molecule has 4 rings (SSSR count). The normalized spacial score (nSPS) is 17.1. The van der Waals surface area contributed by atoms with E-state index in [9.17, 15) is 14.9 Å². The van der Waals surface area contributed by atoms with E-state index in [4.69, 9.17) is 9.47 Å². The summed E-state index contributed by atoms with van der Waals surface area (Å²) in [5.41, 5.74) is 2.36. The predicted molar refractivity (Wildman–Crippen MR) is 146 cm³/mol. The molecule has 9 heteroatoms. The summed E-state index contributed by atoms with van der Waals surface area (Å²) in [4.78, 5) is 29.3. The van der Waals surface area contributed by atoms with Crippen molar-refractivity contribution < 1.29 is 19.2 Å². The van der Waals surface area contributed by atoms with Gasteiger partial charge in [-0.05, 0) is 69.0 Å². The van der Waals surface area contributed by atoms with Gasteiger partial charge >= 0.3 is 5.97 Å². The Balaban J connectivity index is 1.66. The second-order valence-corrected chi connectivity index (χ2v) is 10.3. The first kappa shape index (κ1) is 26.5. The van der Waals surface area contributed by atoms with Crippen molar-refractivity contribution >= 4 is 29.1 Å². The van der Waals surface area contributed by atoms with Crippen LogP contribution in [0.1, 0.15) is 27.6 Å². The van der Waals surface area contributed by atoms with Crippen LogP contribution in [0.15, 0.2) is 77.7 Å². The number of nitro groups is 1. The van der Waals surface area contributed by atoms with Crippen molar-refractivity contribution in [2.75, 3.05) is 45.7 Å². The van der Waals surface area contributed by atoms with Gasteiger partial charge in [0, 0.05) is 23.6 Å². The van der Waals surface area contributed by atoms with Crippen LogP contribution >= 0.6 is 11.8 Å². The van der Waals surface area contributed by atoms with Crippen LogP contribution in [0.4, 0.5) is 11.4 Å². The first-order valence-corrected chi connectivity index (χ1v) is 13.0. The molecule has 2 atom stereocenters. The number of benzene rings is 3. The smallest absolute Gasteiger partial charge is 0.338 e. The van der Waals surface area contributed by atoms with Crippen LogP contribution < -0.4 is 9.64 Å². The molecule has 1 heterocycles. The lowest BCUT2D eigenvalue weighted by Gasteiger charge is -2.30. The van der Waals surface area contributed by atoms with Crippen LogP contribution in [0.25, 0.3) is 0 Å². The quantitative estimate of drug-likeness (QED) is 0.209. The number of para-hydroxylation sites is 1. The Labute approximate surface area is 221 Å². The first-order valence-electron chi connectivity index (χ1n) is 12.1. The highest BCUT2D eigenvalue weighted by Gasteiger charge is 2.34. The summed E-state index contributed by atoms with van der Waals surface area (Å²) < 4.78 is 11.5. The third-order valence-electron chi connectivity index (χ3n) is 6.25. The van der Waals surface area contributed by atoms with Gasteiger partial charge in [-0.15, -0.1) is 11.8 Å². The minimum atomic E-state index is -0.502. The molecule has 0 N–H and O–H groups in total. The Bertz CT molecular complexity index is 1220. The fourth-order valence-electron chi connectivity index (χ4n) is 4.33. The number of hydrogen-bond acceptors (Lipinski definition) is 8. The number of fused-ring (bicyclic) bond motifs is 1. The second kappa shape index (κ2) is 12.1. The zero-order valence-electron chi connectivity index (χ0n) is 21.2. The predicted octanol–water partition coefficient (Wildman–Crippen LogP) is 5.43. The highest BCUT2D eigenvalue weighted by molar-refractivity contribution is 7.99. The standard InChI is InChI=1S/C28H31N3O5S/c1-29(2)17-6-18-30-19-25(36-28(32)21-9-13-22(14-10-21)31(33)34)27(20-11-15-23(35-3)16-12-20)37-26-8-5-4-7-24(26)30/h4-5,7-16,25,27H,6,17-19H2,1-3H3. The summed E-state index contributed by atoms with van der Waals surface area (Å²) in [6, 6.07) is 21.6. The summed E-state index contributed by atoms with van der Waals surface area (Å²) in [6.45, 7) is 2.28. The van der Waals surface area contributed by atoms with Gasteiger partial charge in [0.2, 0.25) is 0 Å². The number of methoxy groups -OCH3 is 1. The zero-order chi connectivity index (χ0) is 26.4. The molecule has 0 saturated carbocycles. The average molecular weight is 522 g/mol. The number of nitro benzene ring substituents is 1. The third-order valence-corrected chi connectivity index (χ3v) is 7.68. The van der Waals surface area contributed by atoms with E-state index in [-0.39, 0.29) is 16.5 Å². The van der Waals surface area contributed by atoms with Crippen molar-refractivity contribution in [3.63, 3.8) is 0 Å². The van der Waals surface area contributed by atoms with Crippen molar-refractivity contribution in [2.45, 2.75) is 22.7 Å². The molecule has 0 bridgehead atoms. The fraction of sp³-hybridized carbons (Fsp3) is 0.321. The van der Waals surface area contributed by atoms with E-state index in [1.165, 1.54) is 24.3 Å². The van der Waals surface area contributed by atoms with Gasteiger partial charge in [0.05, 0.1) is 35.1 Å². The first-order chi connectivity index (χ1) is 17.9. The topological polar surface area (TPSA) is 85.2 Å². The highest BCUT2D eigenvalue weighted by atomic mass is 32.2. The van der Waals surface area contributed by atoms with Crippen LogP contribution in [0, 0.1) is 10.1 Å². The Morgan fingerprint density at radius 3 is 2.43 bits per heavy atom. The molecule has 1 aliphatic rings. The van der Waals surface area contributed by atoms with Gasteiger partial charge in [-0.1, -0.05) is 24.3 Å². The van der Waals surface area contributed by atoms with Crippen molar-refractivity contribution in [3.05, 3.63) is 94.0 Å². The number of thioether (sulfide) groups is 1. The molecule has 0 radical (unpaired) electrons. The summed E-state index contributed by atoms with van der Waals surface area (Å²) in [6.07, 6.45) is 0.496. The third kappa shape index (κ3) is 6.61. The van der Waals surface area contributed by atoms with E-state index >= 15 is 0 Å². The Hall–Kier alpha value is -3.56. The van der Waals surface area contributed by atoms with Gasteiger partial charge in [0.25, 0.3) is 5.69 Å². The number of nitrogens with zero attached hydrogens (tertiary/aromatic N) is 3. The number of carbonyl (C=O) groups is 1. The van der Waals surface area contributed by atoms with Crippen LogP contribution in [0.3, 0.4) is 0 Å². The molecule has 3 aromatic rings. The van der Waals surface area contributed by atoms with Crippen molar-refractivity contribution in [1.29, 1.82) is 0 Å². The monoisotopic (exact) mass is 521 g/mol. The van der Waals surface area contributed by atoms with Crippen LogP contribution in [0.2, 0.25) is 0 Å². The average Bonchev–Trinajstić information content (AvgIpc) is 3.05. The summed E-state index contributed by atoms with van der Waals surface area (Å²) in [7, 11) is 5.74. The maximum absolute atomic E-state index is 13.2. The number of hydrogen-bond donors (Lipinski definition) is 0. The Morgan fingerprint density at radius 2 is 1.78 bits per heavy atom. The molecule has 194 valence electrons. The van der Waals surface area contributed by atoms with Crippen molar-refractivity contribution in [1.82, 2.24) is 4.90 Å². The molecule has 8 nitrogen and oxygen atoms in total. The van der Waals surface area contributed by atoms with E-state index in [0.29, 0.717) is 6.54 Å². The van der Waals surface area contributed by atoms with Crippen LogP contribution in [-0.2, 0) is 4.74 Å². The lowest BCUT2D eigenvalue weighted by molar-refractivity contribution is -0.384. The number of non-ortho nitro benzene ring substituents is 1. The Morgan fingerprint density at radius 1 is 1.08 bits per heavy atom. The minimum Gasteiger partial charge on any atom is -0.497 e. The van der Waals surface area contributed by atoms with E-state index in [1.807, 2.05) is 36.4 Å². The van der Waals surface area contributed by atoms with E-state index in [1.54, 1.807) is 18.9 Å². The maximum atomic E-state index is 13.2. The molecular weight excluding hydrogens is 490 g/mol. The molecule has 0 saturated heterocycles. The van der Waals surface area contributed by atoms with Gasteiger partial charge in [0.1, 0.15) is 11.9 Å². The van der Waals surface area contributed by atoms with Crippen molar-refractivity contribution in [2.24, 2.45) is 0 Å². The minimum absolute atomic E-state index is 0.0693. The molecule has 2 unspecified atom stereocenters. The van der Waals surface area contributed by atoms with Gasteiger partial charge in [-0.2, -0.15) is 0 Å². The molecule has 0 fully saturated rings. The second-order valence-electron chi connectivity index (χ2n) is 9.13. The highest BCUT2D eigenvalue weighted by Crippen LogP contribution is 2.46. The molecule has 0 aliphatic carbocycles. The Kier molecular flexibility index (Phi) is 8.68. The largest absolute Gasteiger partial charge is 0.497 e. The lowest BCUT2D eigenvalue weighted by Crippen LogP contribution is -2.38. The van der Waals surface area contributed by atoms with E-state index < -0.39 is 17.0 Å². The lowest BCUT2D eigenvalue weighted by atomic mass is 10.1. The fourth-order valence-corrected chi connectivity index (χ4v) is 5.67. The molecule has 0 aromatic heterocycles. The van der Waals surface area contributed by atoms with Gasteiger partial charge in [-0.25, -0.2) is 4.79 Å². The van der Waals surface area contributed by atoms with Crippen molar-refractivity contribution in [3.8, 4) is 5.75 Å². The number of anilines is 1. The van der Waals surface area contributed by atoms with Crippen LogP contribution in [0.5, 0.6) is 5.75 Å².